The van der Waals surface area contributed by atoms with Crippen LogP contribution in [0.1, 0.15) is 68.5 Å². The van der Waals surface area contributed by atoms with Crippen LogP contribution in [0.4, 0.5) is 0 Å². The normalized spacial score (nSPS) is 26.4. The molecule has 10 heteroatoms. The lowest BCUT2D eigenvalue weighted by atomic mass is 9.67. The molecule has 0 radical (unpaired) electrons. The minimum atomic E-state index is -3.68. The van der Waals surface area contributed by atoms with Crippen molar-refractivity contribution in [1.82, 2.24) is 9.62 Å². The Labute approximate surface area is 239 Å². The van der Waals surface area contributed by atoms with Crippen LogP contribution in [0.5, 0.6) is 0 Å². The second-order valence-corrected chi connectivity index (χ2v) is 14.4. The summed E-state index contributed by atoms with van der Waals surface area (Å²) in [6.07, 6.45) is 3.61. The predicted octanol–water partition coefficient (Wildman–Crippen LogP) is 5.64. The summed E-state index contributed by atoms with van der Waals surface area (Å²) >= 11 is 12.6. The number of hydrogen-bond donors (Lipinski definition) is 2. The third-order valence-electron chi connectivity index (χ3n) is 8.33. The number of carboxylic acids is 1. The van der Waals surface area contributed by atoms with Crippen molar-refractivity contribution in [1.29, 1.82) is 0 Å². The maximum Gasteiger partial charge on any atom is 0.304 e. The predicted molar refractivity (Wildman–Crippen MR) is 151 cm³/mol. The van der Waals surface area contributed by atoms with Crippen LogP contribution in [0, 0.1) is 17.3 Å². The van der Waals surface area contributed by atoms with Crippen molar-refractivity contribution in [3.05, 3.63) is 69.7 Å². The molecule has 3 aliphatic rings. The number of sulfonamides is 1. The summed E-state index contributed by atoms with van der Waals surface area (Å²) < 4.78 is 29.4. The van der Waals surface area contributed by atoms with Gasteiger partial charge in [0.25, 0.3) is 0 Å². The van der Waals surface area contributed by atoms with Gasteiger partial charge in [-0.05, 0) is 79.3 Å². The Morgan fingerprint density at radius 3 is 2.36 bits per heavy atom. The average molecular weight is 594 g/mol. The molecule has 0 aromatic heterocycles. The molecule has 2 N–H and O–H groups in total. The highest BCUT2D eigenvalue weighted by molar-refractivity contribution is 7.89. The van der Waals surface area contributed by atoms with E-state index in [9.17, 15) is 23.1 Å². The van der Waals surface area contributed by atoms with Gasteiger partial charge in [-0.25, -0.2) is 13.1 Å². The smallest absolute Gasteiger partial charge is 0.304 e. The SMILES string of the molecule is C[C@]1(CC(=O)O)C[C@H](c2cccc(Cl)c2)[C@@H](c2ccc(Cl)cc2)N([C@H](CS(=O)(=O)NCC2CC2)C2CC2)C1=O. The third kappa shape index (κ3) is 6.62. The number of carboxylic acid groups (broad SMARTS) is 1. The monoisotopic (exact) mass is 592 g/mol. The van der Waals surface area contributed by atoms with Crippen LogP contribution in [0.15, 0.2) is 48.5 Å². The summed E-state index contributed by atoms with van der Waals surface area (Å²) in [6.45, 7) is 2.10. The molecule has 4 atom stereocenters. The number of carbonyl (C=O) groups is 2. The molecule has 0 bridgehead atoms. The van der Waals surface area contributed by atoms with Crippen molar-refractivity contribution in [2.75, 3.05) is 12.3 Å². The lowest BCUT2D eigenvalue weighted by Gasteiger charge is -2.52. The fourth-order valence-corrected chi connectivity index (χ4v) is 7.83. The van der Waals surface area contributed by atoms with Crippen molar-refractivity contribution < 1.29 is 23.1 Å². The van der Waals surface area contributed by atoms with Crippen LogP contribution in [0.25, 0.3) is 0 Å². The Bertz CT molecular complexity index is 1340. The van der Waals surface area contributed by atoms with Crippen LogP contribution in [-0.4, -0.2) is 48.6 Å². The molecule has 1 saturated heterocycles. The molecule has 0 unspecified atom stereocenters. The van der Waals surface area contributed by atoms with Gasteiger partial charge in [-0.1, -0.05) is 54.4 Å². The average Bonchev–Trinajstić information content (AvgIpc) is 3.78. The van der Waals surface area contributed by atoms with E-state index in [-0.39, 0.29) is 36.3 Å². The van der Waals surface area contributed by atoms with Crippen molar-refractivity contribution in [2.24, 2.45) is 17.3 Å². The molecular formula is C29H34Cl2N2O5S. The Hall–Kier alpha value is -2.13. The first kappa shape index (κ1) is 28.4. The molecular weight excluding hydrogens is 559 g/mol. The Kier molecular flexibility index (Phi) is 8.04. The van der Waals surface area contributed by atoms with Crippen LogP contribution in [0.2, 0.25) is 10.0 Å². The van der Waals surface area contributed by atoms with E-state index < -0.39 is 33.5 Å². The molecule has 1 heterocycles. The molecule has 0 spiro atoms. The van der Waals surface area contributed by atoms with Gasteiger partial charge in [0.05, 0.1) is 29.7 Å². The summed E-state index contributed by atoms with van der Waals surface area (Å²) in [6, 6.07) is 13.6. The van der Waals surface area contributed by atoms with Gasteiger partial charge >= 0.3 is 5.97 Å². The zero-order valence-corrected chi connectivity index (χ0v) is 24.2. The summed E-state index contributed by atoms with van der Waals surface area (Å²) in [5.74, 6) is -1.52. The van der Waals surface area contributed by atoms with Crippen LogP contribution >= 0.6 is 23.2 Å². The second kappa shape index (κ2) is 11.0. The van der Waals surface area contributed by atoms with E-state index in [1.165, 1.54) is 0 Å². The van der Waals surface area contributed by atoms with Crippen LogP contribution in [-0.2, 0) is 19.6 Å². The maximum atomic E-state index is 14.4. The first-order valence-corrected chi connectivity index (χ1v) is 15.9. The number of rotatable bonds is 11. The van der Waals surface area contributed by atoms with Gasteiger partial charge in [0.15, 0.2) is 0 Å². The Morgan fingerprint density at radius 1 is 1.08 bits per heavy atom. The minimum absolute atomic E-state index is 0.0217. The van der Waals surface area contributed by atoms with Gasteiger partial charge in [-0.3, -0.25) is 9.59 Å². The molecule has 3 fully saturated rings. The van der Waals surface area contributed by atoms with Crippen molar-refractivity contribution >= 4 is 45.1 Å². The summed E-state index contributed by atoms with van der Waals surface area (Å²) in [5.41, 5.74) is 0.477. The van der Waals surface area contributed by atoms with E-state index in [1.807, 2.05) is 30.3 Å². The van der Waals surface area contributed by atoms with Gasteiger partial charge in [0, 0.05) is 22.5 Å². The Balaban J connectivity index is 1.62. The zero-order chi connectivity index (χ0) is 27.9. The van der Waals surface area contributed by atoms with Gasteiger partial charge in [0.1, 0.15) is 0 Å². The fourth-order valence-electron chi connectivity index (χ4n) is 6.02. The van der Waals surface area contributed by atoms with Gasteiger partial charge in [-0.15, -0.1) is 0 Å². The number of halogens is 2. The second-order valence-electron chi connectivity index (χ2n) is 11.7. The molecule has 2 aromatic carbocycles. The van der Waals surface area contributed by atoms with Crippen molar-refractivity contribution in [2.45, 2.75) is 63.5 Å². The van der Waals surface area contributed by atoms with E-state index in [0.717, 1.165) is 36.8 Å². The largest absolute Gasteiger partial charge is 0.481 e. The maximum absolute atomic E-state index is 14.4. The fraction of sp³-hybridized carbons (Fsp3) is 0.517. The number of piperidine rings is 1. The topological polar surface area (TPSA) is 104 Å². The number of likely N-dealkylation sites (tertiary alicyclic amines) is 1. The number of carbonyl (C=O) groups excluding carboxylic acids is 1. The molecule has 1 amide bonds. The minimum Gasteiger partial charge on any atom is -0.481 e. The summed E-state index contributed by atoms with van der Waals surface area (Å²) in [4.78, 5) is 28.1. The molecule has 2 saturated carbocycles. The van der Waals surface area contributed by atoms with Crippen LogP contribution in [0.3, 0.4) is 0 Å². The lowest BCUT2D eigenvalue weighted by Crippen LogP contribution is -2.58. The van der Waals surface area contributed by atoms with Gasteiger partial charge in [-0.2, -0.15) is 0 Å². The van der Waals surface area contributed by atoms with E-state index >= 15 is 0 Å². The van der Waals surface area contributed by atoms with Crippen molar-refractivity contribution in [3.63, 3.8) is 0 Å². The molecule has 2 aromatic rings. The molecule has 2 aliphatic carbocycles. The molecule has 210 valence electrons. The molecule has 7 nitrogen and oxygen atoms in total. The van der Waals surface area contributed by atoms with Crippen molar-refractivity contribution in [3.8, 4) is 0 Å². The zero-order valence-electron chi connectivity index (χ0n) is 21.9. The van der Waals surface area contributed by atoms with E-state index in [0.29, 0.717) is 22.5 Å². The highest BCUT2D eigenvalue weighted by atomic mass is 35.5. The highest BCUT2D eigenvalue weighted by Gasteiger charge is 2.55. The number of benzene rings is 2. The first-order chi connectivity index (χ1) is 18.5. The molecule has 1 aliphatic heterocycles. The van der Waals surface area contributed by atoms with Gasteiger partial charge in [0.2, 0.25) is 15.9 Å². The number of hydrogen-bond acceptors (Lipinski definition) is 4. The standard InChI is InChI=1S/C29H34Cl2N2O5S/c1-29(15-26(34)35)14-24(21-3-2-4-23(31)13-21)27(20-9-11-22(30)12-10-20)33(28(29)36)25(19-7-8-19)17-39(37,38)32-16-18-5-6-18/h2-4,9-13,18-19,24-25,27,32H,5-8,14-17H2,1H3,(H,34,35)/t24-,25-,27-,29-/m1/s1. The Morgan fingerprint density at radius 2 is 1.77 bits per heavy atom. The third-order valence-corrected chi connectivity index (χ3v) is 10.2. The lowest BCUT2D eigenvalue weighted by molar-refractivity contribution is -0.160. The van der Waals surface area contributed by atoms with Crippen LogP contribution < -0.4 is 4.72 Å². The summed E-state index contributed by atoms with van der Waals surface area (Å²) in [7, 11) is -3.68. The summed E-state index contributed by atoms with van der Waals surface area (Å²) in [5, 5.41) is 10.9. The molecule has 5 rings (SSSR count). The first-order valence-electron chi connectivity index (χ1n) is 13.5. The number of amides is 1. The number of nitrogens with zero attached hydrogens (tertiary/aromatic N) is 1. The van der Waals surface area contributed by atoms with E-state index in [4.69, 9.17) is 23.2 Å². The number of aliphatic carboxylic acids is 1. The van der Waals surface area contributed by atoms with E-state index in [2.05, 4.69) is 4.72 Å². The number of nitrogens with one attached hydrogen (secondary N) is 1. The quantitative estimate of drug-likeness (QED) is 0.351. The molecule has 39 heavy (non-hydrogen) atoms. The van der Waals surface area contributed by atoms with E-state index in [1.54, 1.807) is 30.0 Å². The highest BCUT2D eigenvalue weighted by Crippen LogP contribution is 2.54. The van der Waals surface area contributed by atoms with Gasteiger partial charge < -0.3 is 10.0 Å².